The van der Waals surface area contributed by atoms with E-state index in [1.54, 1.807) is 31.2 Å². The summed E-state index contributed by atoms with van der Waals surface area (Å²) in [5, 5.41) is 2.70. The molecule has 0 aromatic heterocycles. The molecule has 0 aliphatic rings. The molecule has 1 atom stereocenters. The van der Waals surface area contributed by atoms with E-state index in [-0.39, 0.29) is 24.7 Å². The highest BCUT2D eigenvalue weighted by molar-refractivity contribution is 5.99. The molecule has 0 bridgehead atoms. The number of carbonyl (C=O) groups is 3. The van der Waals surface area contributed by atoms with Crippen LogP contribution in [0.1, 0.15) is 101 Å². The molecule has 5 heteroatoms. The van der Waals surface area contributed by atoms with E-state index in [4.69, 9.17) is 4.74 Å². The van der Waals surface area contributed by atoms with Gasteiger partial charge in [-0.2, -0.15) is 0 Å². The number of nitrogens with one attached hydrogen (secondary N) is 1. The highest BCUT2D eigenvalue weighted by atomic mass is 16.5. The summed E-state index contributed by atoms with van der Waals surface area (Å²) in [6, 6.07) is 7.85. The molecule has 5 nitrogen and oxygen atoms in total. The van der Waals surface area contributed by atoms with Crippen LogP contribution in [0.3, 0.4) is 0 Å². The number of hydrogen-bond donors (Lipinski definition) is 1. The molecule has 30 heavy (non-hydrogen) atoms. The fourth-order valence-electron chi connectivity index (χ4n) is 3.40. The van der Waals surface area contributed by atoms with Gasteiger partial charge in [0.05, 0.1) is 6.61 Å². The normalized spacial score (nSPS) is 11.7. The highest BCUT2D eigenvalue weighted by Crippen LogP contribution is 2.12. The van der Waals surface area contributed by atoms with Crippen LogP contribution in [0, 0.1) is 0 Å². The molecule has 0 spiro atoms. The first-order chi connectivity index (χ1) is 14.6. The molecule has 1 aromatic carbocycles. The molecule has 0 saturated heterocycles. The number of carbonyl (C=O) groups excluding carboxylic acids is 3. The zero-order valence-electron chi connectivity index (χ0n) is 18.8. The summed E-state index contributed by atoms with van der Waals surface area (Å²) in [5.41, 5.74) is 0.524. The molecule has 1 rings (SSSR count). The van der Waals surface area contributed by atoms with Gasteiger partial charge in [-0.25, -0.2) is 4.79 Å². The van der Waals surface area contributed by atoms with Crippen molar-refractivity contribution in [1.29, 1.82) is 0 Å². The van der Waals surface area contributed by atoms with Crippen molar-refractivity contribution in [2.45, 2.75) is 96.9 Å². The van der Waals surface area contributed by atoms with Crippen molar-refractivity contribution < 1.29 is 19.1 Å². The van der Waals surface area contributed by atoms with Gasteiger partial charge in [0.2, 0.25) is 5.91 Å². The Morgan fingerprint density at radius 2 is 1.40 bits per heavy atom. The van der Waals surface area contributed by atoms with Crippen molar-refractivity contribution >= 4 is 17.7 Å². The number of ether oxygens (including phenoxy) is 1. The zero-order valence-corrected chi connectivity index (χ0v) is 18.8. The summed E-state index contributed by atoms with van der Waals surface area (Å²) in [6.07, 6.45) is 12.3. The largest absolute Gasteiger partial charge is 0.464 e. The third kappa shape index (κ3) is 11.7. The molecular weight excluding hydrogens is 378 g/mol. The van der Waals surface area contributed by atoms with Gasteiger partial charge in [0.25, 0.3) is 0 Å². The van der Waals surface area contributed by atoms with Crippen molar-refractivity contribution in [2.75, 3.05) is 6.61 Å². The van der Waals surface area contributed by atoms with Crippen LogP contribution in [0.4, 0.5) is 0 Å². The first-order valence-electron chi connectivity index (χ1n) is 11.6. The summed E-state index contributed by atoms with van der Waals surface area (Å²) in [4.78, 5) is 36.9. The average Bonchev–Trinajstić information content (AvgIpc) is 2.75. The fourth-order valence-corrected chi connectivity index (χ4v) is 3.40. The molecule has 168 valence electrons. The Morgan fingerprint density at radius 3 is 1.97 bits per heavy atom. The van der Waals surface area contributed by atoms with E-state index in [1.165, 1.54) is 44.9 Å². The van der Waals surface area contributed by atoms with Gasteiger partial charge >= 0.3 is 5.97 Å². The van der Waals surface area contributed by atoms with Crippen LogP contribution >= 0.6 is 0 Å². The number of Topliss-reactive ketones (excluding diaryl/α,β-unsaturated/α-hetero) is 1. The van der Waals surface area contributed by atoms with E-state index in [0.717, 1.165) is 19.3 Å². The Morgan fingerprint density at radius 1 is 0.833 bits per heavy atom. The molecule has 0 saturated carbocycles. The minimum absolute atomic E-state index is 0.0907. The van der Waals surface area contributed by atoms with E-state index >= 15 is 0 Å². The zero-order chi connectivity index (χ0) is 22.0. The SMILES string of the molecule is CCCCCCCCCCCCC(=O)N[C@H](CC(=O)c1ccccc1)C(=O)OCC. The van der Waals surface area contributed by atoms with Crippen LogP contribution < -0.4 is 5.32 Å². The maximum absolute atomic E-state index is 12.4. The van der Waals surface area contributed by atoms with E-state index < -0.39 is 12.0 Å². The Balaban J connectivity index is 2.31. The molecule has 0 fully saturated rings. The van der Waals surface area contributed by atoms with Crippen molar-refractivity contribution in [1.82, 2.24) is 5.32 Å². The molecular formula is C25H39NO4. The summed E-state index contributed by atoms with van der Waals surface area (Å²) >= 11 is 0. The highest BCUT2D eigenvalue weighted by Gasteiger charge is 2.25. The van der Waals surface area contributed by atoms with Crippen LogP contribution in [0.15, 0.2) is 30.3 Å². The predicted molar refractivity (Wildman–Crippen MR) is 120 cm³/mol. The van der Waals surface area contributed by atoms with Crippen molar-refractivity contribution in [2.24, 2.45) is 0 Å². The Kier molecular flexibility index (Phi) is 14.3. The number of hydrogen-bond acceptors (Lipinski definition) is 4. The average molecular weight is 418 g/mol. The van der Waals surface area contributed by atoms with E-state index in [9.17, 15) is 14.4 Å². The molecule has 0 unspecified atom stereocenters. The summed E-state index contributed by atoms with van der Waals surface area (Å²) < 4.78 is 5.04. The van der Waals surface area contributed by atoms with E-state index in [2.05, 4.69) is 12.2 Å². The van der Waals surface area contributed by atoms with Crippen LogP contribution in [0.2, 0.25) is 0 Å². The van der Waals surface area contributed by atoms with Crippen LogP contribution in [-0.2, 0) is 14.3 Å². The van der Waals surface area contributed by atoms with Crippen molar-refractivity contribution in [3.8, 4) is 0 Å². The van der Waals surface area contributed by atoms with Crippen LogP contribution in [0.25, 0.3) is 0 Å². The van der Waals surface area contributed by atoms with Gasteiger partial charge in [-0.1, -0.05) is 95.0 Å². The summed E-state index contributed by atoms with van der Waals surface area (Å²) in [5.74, 6) is -0.945. The quantitative estimate of drug-likeness (QED) is 0.203. The maximum atomic E-state index is 12.4. The summed E-state index contributed by atoms with van der Waals surface area (Å²) in [7, 11) is 0. The second-order valence-electron chi connectivity index (χ2n) is 7.80. The minimum atomic E-state index is -0.937. The topological polar surface area (TPSA) is 72.5 Å². The van der Waals surface area contributed by atoms with Crippen LogP contribution in [-0.4, -0.2) is 30.3 Å². The number of unbranched alkanes of at least 4 members (excludes halogenated alkanes) is 9. The Bertz CT molecular complexity index is 615. The first-order valence-corrected chi connectivity index (χ1v) is 11.6. The van der Waals surface area contributed by atoms with Gasteiger partial charge in [0.15, 0.2) is 5.78 Å². The number of amides is 1. The van der Waals surface area contributed by atoms with Crippen LogP contribution in [0.5, 0.6) is 0 Å². The minimum Gasteiger partial charge on any atom is -0.464 e. The second kappa shape index (κ2) is 16.6. The Hall–Kier alpha value is -2.17. The molecule has 0 radical (unpaired) electrons. The standard InChI is InChI=1S/C25H39NO4/c1-3-5-6-7-8-9-10-11-12-16-19-24(28)26-22(25(29)30-4-2)20-23(27)21-17-14-13-15-18-21/h13-15,17-18,22H,3-12,16,19-20H2,1-2H3,(H,26,28)/t22-/m1/s1. The number of esters is 1. The lowest BCUT2D eigenvalue weighted by Crippen LogP contribution is -2.43. The van der Waals surface area contributed by atoms with Gasteiger partial charge in [-0.05, 0) is 13.3 Å². The number of ketones is 1. The third-order valence-corrected chi connectivity index (χ3v) is 5.15. The molecule has 0 aliphatic heterocycles. The lowest BCUT2D eigenvalue weighted by atomic mass is 10.0. The molecule has 0 heterocycles. The van der Waals surface area contributed by atoms with E-state index in [0.29, 0.717) is 12.0 Å². The van der Waals surface area contributed by atoms with E-state index in [1.807, 2.05) is 6.07 Å². The van der Waals surface area contributed by atoms with Gasteiger partial charge in [0, 0.05) is 18.4 Å². The molecule has 1 amide bonds. The van der Waals surface area contributed by atoms with Gasteiger partial charge in [0.1, 0.15) is 6.04 Å². The molecule has 0 aliphatic carbocycles. The maximum Gasteiger partial charge on any atom is 0.329 e. The van der Waals surface area contributed by atoms with Gasteiger partial charge in [-0.15, -0.1) is 0 Å². The number of rotatable bonds is 17. The summed E-state index contributed by atoms with van der Waals surface area (Å²) in [6.45, 7) is 4.15. The van der Waals surface area contributed by atoms with Crippen molar-refractivity contribution in [3.63, 3.8) is 0 Å². The van der Waals surface area contributed by atoms with Gasteiger partial charge in [-0.3, -0.25) is 9.59 Å². The predicted octanol–water partition coefficient (Wildman–Crippen LogP) is 5.62. The third-order valence-electron chi connectivity index (χ3n) is 5.15. The number of benzene rings is 1. The second-order valence-corrected chi connectivity index (χ2v) is 7.80. The first kappa shape index (κ1) is 25.9. The van der Waals surface area contributed by atoms with Crippen molar-refractivity contribution in [3.05, 3.63) is 35.9 Å². The Labute approximate surface area is 182 Å². The molecule has 1 N–H and O–H groups in total. The fraction of sp³-hybridized carbons (Fsp3) is 0.640. The molecule has 1 aromatic rings. The lowest BCUT2D eigenvalue weighted by molar-refractivity contribution is -0.147. The monoisotopic (exact) mass is 417 g/mol. The lowest BCUT2D eigenvalue weighted by Gasteiger charge is -2.17. The van der Waals surface area contributed by atoms with Gasteiger partial charge < -0.3 is 10.1 Å². The smallest absolute Gasteiger partial charge is 0.329 e.